The molecule has 0 spiro atoms. The number of phenols is 1. The minimum absolute atomic E-state index is 0.0165. The Balaban J connectivity index is 1.46. The van der Waals surface area contributed by atoms with Crippen molar-refractivity contribution in [3.63, 3.8) is 0 Å². The molecule has 3 rings (SSSR count). The van der Waals surface area contributed by atoms with Crippen molar-refractivity contribution in [1.82, 2.24) is 10.6 Å². The topological polar surface area (TPSA) is 96.9 Å². The number of aromatic hydroxyl groups is 1. The van der Waals surface area contributed by atoms with Crippen molar-refractivity contribution in [2.45, 2.75) is 65.3 Å². The monoisotopic (exact) mass is 572 g/mol. The first-order valence-corrected chi connectivity index (χ1v) is 14.7. The van der Waals surface area contributed by atoms with Gasteiger partial charge in [0.2, 0.25) is 5.91 Å². The van der Waals surface area contributed by atoms with Crippen molar-refractivity contribution in [1.29, 1.82) is 0 Å². The SMILES string of the molecule is CC/C(=C(\c1ccc(O)cc1)c1ccc(OCCCNC(=O)CCCCOC(=O)NC(C)(C)C)cc1)c1ccccc1. The number of allylic oxidation sites excluding steroid dienone is 1. The van der Waals surface area contributed by atoms with Crippen molar-refractivity contribution in [2.24, 2.45) is 0 Å². The normalized spacial score (nSPS) is 11.8. The molecule has 3 N–H and O–H groups in total. The number of nitrogens with one attached hydrogen (secondary N) is 2. The fourth-order valence-corrected chi connectivity index (χ4v) is 4.50. The van der Waals surface area contributed by atoms with Crippen LogP contribution >= 0.6 is 0 Å². The molecule has 3 aromatic rings. The number of hydrogen-bond acceptors (Lipinski definition) is 5. The van der Waals surface area contributed by atoms with Gasteiger partial charge >= 0.3 is 6.09 Å². The molecule has 0 aliphatic heterocycles. The molecule has 7 heteroatoms. The Bertz CT molecular complexity index is 1290. The molecule has 0 aromatic heterocycles. The smallest absolute Gasteiger partial charge is 0.407 e. The molecule has 42 heavy (non-hydrogen) atoms. The summed E-state index contributed by atoms with van der Waals surface area (Å²) >= 11 is 0. The first-order valence-electron chi connectivity index (χ1n) is 14.7. The minimum atomic E-state index is -0.436. The molecule has 224 valence electrons. The summed E-state index contributed by atoms with van der Waals surface area (Å²) in [7, 11) is 0. The lowest BCUT2D eigenvalue weighted by Gasteiger charge is -2.19. The number of carbonyl (C=O) groups is 2. The molecular weight excluding hydrogens is 528 g/mol. The van der Waals surface area contributed by atoms with Gasteiger partial charge in [-0.25, -0.2) is 4.79 Å². The van der Waals surface area contributed by atoms with Gasteiger partial charge in [0.25, 0.3) is 0 Å². The maximum Gasteiger partial charge on any atom is 0.407 e. The van der Waals surface area contributed by atoms with E-state index in [1.54, 1.807) is 12.1 Å². The molecule has 0 radical (unpaired) electrons. The molecule has 0 saturated heterocycles. The van der Waals surface area contributed by atoms with Gasteiger partial charge in [-0.3, -0.25) is 4.79 Å². The molecule has 7 nitrogen and oxygen atoms in total. The highest BCUT2D eigenvalue weighted by Crippen LogP contribution is 2.35. The Labute approximate surface area is 250 Å². The molecular formula is C35H44N2O5. The van der Waals surface area contributed by atoms with Crippen molar-refractivity contribution in [2.75, 3.05) is 19.8 Å². The zero-order valence-electron chi connectivity index (χ0n) is 25.2. The van der Waals surface area contributed by atoms with Crippen molar-refractivity contribution in [3.8, 4) is 11.5 Å². The van der Waals surface area contributed by atoms with E-state index in [2.05, 4.69) is 41.8 Å². The maximum atomic E-state index is 12.1. The van der Waals surface area contributed by atoms with Crippen LogP contribution in [-0.2, 0) is 9.53 Å². The third-order valence-corrected chi connectivity index (χ3v) is 6.50. The summed E-state index contributed by atoms with van der Waals surface area (Å²) in [4.78, 5) is 23.7. The Morgan fingerprint density at radius 1 is 0.786 bits per heavy atom. The van der Waals surface area contributed by atoms with Crippen LogP contribution in [0, 0.1) is 0 Å². The van der Waals surface area contributed by atoms with E-state index in [0.717, 1.165) is 28.9 Å². The van der Waals surface area contributed by atoms with Crippen molar-refractivity contribution < 1.29 is 24.2 Å². The van der Waals surface area contributed by atoms with Crippen LogP contribution in [0.3, 0.4) is 0 Å². The fraction of sp³-hybridized carbons (Fsp3) is 0.371. The zero-order valence-corrected chi connectivity index (χ0v) is 25.2. The quantitative estimate of drug-likeness (QED) is 0.139. The first-order chi connectivity index (χ1) is 20.2. The third kappa shape index (κ3) is 11.0. The summed E-state index contributed by atoms with van der Waals surface area (Å²) in [5.74, 6) is 0.989. The molecule has 3 aromatic carbocycles. The number of benzene rings is 3. The molecule has 0 fully saturated rings. The van der Waals surface area contributed by atoms with E-state index in [0.29, 0.717) is 45.4 Å². The van der Waals surface area contributed by atoms with Crippen LogP contribution in [0.1, 0.15) is 76.5 Å². The second kappa shape index (κ2) is 16.2. The van der Waals surface area contributed by atoms with Gasteiger partial charge < -0.3 is 25.2 Å². The molecule has 0 aliphatic carbocycles. The highest BCUT2D eigenvalue weighted by molar-refractivity contribution is 5.98. The van der Waals surface area contributed by atoms with E-state index in [4.69, 9.17) is 9.47 Å². The highest BCUT2D eigenvalue weighted by atomic mass is 16.5. The van der Waals surface area contributed by atoms with Crippen LogP contribution in [0.25, 0.3) is 11.1 Å². The molecule has 0 aliphatic rings. The second-order valence-electron chi connectivity index (χ2n) is 11.2. The Hall–Kier alpha value is -4.26. The van der Waals surface area contributed by atoms with E-state index >= 15 is 0 Å². The van der Waals surface area contributed by atoms with Gasteiger partial charge in [0.15, 0.2) is 0 Å². The lowest BCUT2D eigenvalue weighted by atomic mass is 9.88. The summed E-state index contributed by atoms with van der Waals surface area (Å²) in [6, 6.07) is 25.7. The maximum absolute atomic E-state index is 12.1. The average molecular weight is 573 g/mol. The zero-order chi connectivity index (χ0) is 30.4. The van der Waals surface area contributed by atoms with Crippen molar-refractivity contribution >= 4 is 23.1 Å². The number of ether oxygens (including phenoxy) is 2. The van der Waals surface area contributed by atoms with Crippen molar-refractivity contribution in [3.05, 3.63) is 95.6 Å². The minimum Gasteiger partial charge on any atom is -0.508 e. The molecule has 0 atom stereocenters. The lowest BCUT2D eigenvalue weighted by molar-refractivity contribution is -0.121. The van der Waals surface area contributed by atoms with Crippen LogP contribution in [0.15, 0.2) is 78.9 Å². The van der Waals surface area contributed by atoms with Gasteiger partial charge in [-0.1, -0.05) is 61.5 Å². The first kappa shape index (κ1) is 32.3. The Morgan fingerprint density at radius 3 is 2.05 bits per heavy atom. The summed E-state index contributed by atoms with van der Waals surface area (Å²) in [5, 5.41) is 15.5. The van der Waals surface area contributed by atoms with Gasteiger partial charge in [-0.2, -0.15) is 0 Å². The van der Waals surface area contributed by atoms with Gasteiger partial charge in [-0.15, -0.1) is 0 Å². The van der Waals surface area contributed by atoms with Crippen LogP contribution in [-0.4, -0.2) is 42.4 Å². The molecule has 2 amide bonds. The molecule has 0 saturated carbocycles. The van der Waals surface area contributed by atoms with Crippen LogP contribution in [0.4, 0.5) is 4.79 Å². The Morgan fingerprint density at radius 2 is 1.43 bits per heavy atom. The molecule has 0 unspecified atom stereocenters. The van der Waals surface area contributed by atoms with E-state index in [1.165, 1.54) is 11.1 Å². The molecule has 0 bridgehead atoms. The standard InChI is InChI=1S/C35H44N2O5/c1-5-31(26-12-7-6-8-13-26)33(27-15-19-29(38)20-16-27)28-17-21-30(22-18-28)41-25-11-23-36-32(39)14-9-10-24-42-34(40)37-35(2,3)4/h6-8,12-13,15-22,38H,5,9-11,14,23-25H2,1-4H3,(H,36,39)(H,37,40)/b33-31-. The molecule has 0 heterocycles. The summed E-state index contributed by atoms with van der Waals surface area (Å²) in [5.41, 5.74) is 5.29. The summed E-state index contributed by atoms with van der Waals surface area (Å²) in [6.45, 7) is 9.14. The number of unbranched alkanes of at least 4 members (excludes halogenated alkanes) is 1. The largest absolute Gasteiger partial charge is 0.508 e. The number of rotatable bonds is 14. The van der Waals surface area contributed by atoms with Gasteiger partial charge in [0.1, 0.15) is 11.5 Å². The Kier molecular flexibility index (Phi) is 12.5. The second-order valence-corrected chi connectivity index (χ2v) is 11.2. The summed E-state index contributed by atoms with van der Waals surface area (Å²) in [6.07, 6.45) is 2.80. The predicted octanol–water partition coefficient (Wildman–Crippen LogP) is 7.34. The van der Waals surface area contributed by atoms with Crippen LogP contribution in [0.5, 0.6) is 11.5 Å². The van der Waals surface area contributed by atoms with E-state index in [9.17, 15) is 14.7 Å². The van der Waals surface area contributed by atoms with Gasteiger partial charge in [-0.05, 0) is 98.6 Å². The number of hydrogen-bond donors (Lipinski definition) is 3. The van der Waals surface area contributed by atoms with Gasteiger partial charge in [0, 0.05) is 18.5 Å². The van der Waals surface area contributed by atoms with Gasteiger partial charge in [0.05, 0.1) is 13.2 Å². The average Bonchev–Trinajstić information content (AvgIpc) is 2.96. The number of alkyl carbamates (subject to hydrolysis) is 1. The predicted molar refractivity (Wildman–Crippen MR) is 168 cm³/mol. The van der Waals surface area contributed by atoms with E-state index < -0.39 is 6.09 Å². The third-order valence-electron chi connectivity index (χ3n) is 6.50. The lowest BCUT2D eigenvalue weighted by Crippen LogP contribution is -2.41. The fourth-order valence-electron chi connectivity index (χ4n) is 4.50. The van der Waals surface area contributed by atoms with Crippen LogP contribution < -0.4 is 15.4 Å². The van der Waals surface area contributed by atoms with E-state index in [-0.39, 0.29) is 17.2 Å². The highest BCUT2D eigenvalue weighted by Gasteiger charge is 2.15. The van der Waals surface area contributed by atoms with E-state index in [1.807, 2.05) is 63.2 Å². The number of phenolic OH excluding ortho intramolecular Hbond substituents is 1. The summed E-state index contributed by atoms with van der Waals surface area (Å²) < 4.78 is 11.1. The number of carbonyl (C=O) groups excluding carboxylic acids is 2. The van der Waals surface area contributed by atoms with Crippen LogP contribution in [0.2, 0.25) is 0 Å². The number of amides is 2.